The van der Waals surface area contributed by atoms with Gasteiger partial charge in [0.25, 0.3) is 0 Å². The van der Waals surface area contributed by atoms with Crippen molar-refractivity contribution in [2.75, 3.05) is 13.1 Å². The highest BCUT2D eigenvalue weighted by Gasteiger charge is 2.29. The highest BCUT2D eigenvalue weighted by molar-refractivity contribution is 5.68. The van der Waals surface area contributed by atoms with Gasteiger partial charge in [-0.15, -0.1) is 0 Å². The molecule has 2 atom stereocenters. The first-order chi connectivity index (χ1) is 7.31. The van der Waals surface area contributed by atoms with Gasteiger partial charge in [0.1, 0.15) is 5.60 Å². The van der Waals surface area contributed by atoms with Gasteiger partial charge < -0.3 is 15.0 Å². The topological polar surface area (TPSA) is 41.6 Å². The molecule has 1 fully saturated rings. The zero-order valence-corrected chi connectivity index (χ0v) is 11.0. The quantitative estimate of drug-likeness (QED) is 0.746. The number of hydrogen-bond donors (Lipinski definition) is 1. The minimum Gasteiger partial charge on any atom is -0.444 e. The van der Waals surface area contributed by atoms with Crippen molar-refractivity contribution in [2.45, 2.75) is 58.7 Å². The molecular formula is C12H24N2O2. The molecule has 0 radical (unpaired) electrons. The van der Waals surface area contributed by atoms with Crippen molar-refractivity contribution in [3.8, 4) is 0 Å². The van der Waals surface area contributed by atoms with Crippen molar-refractivity contribution in [1.29, 1.82) is 0 Å². The second-order valence-corrected chi connectivity index (χ2v) is 5.56. The van der Waals surface area contributed by atoms with E-state index in [-0.39, 0.29) is 6.09 Å². The van der Waals surface area contributed by atoms with Crippen LogP contribution in [0.4, 0.5) is 4.79 Å². The average Bonchev–Trinajstić information content (AvgIpc) is 2.14. The van der Waals surface area contributed by atoms with Crippen LogP contribution in [0.3, 0.4) is 0 Å². The monoisotopic (exact) mass is 228 g/mol. The van der Waals surface area contributed by atoms with Crippen LogP contribution in [0.5, 0.6) is 0 Å². The van der Waals surface area contributed by atoms with E-state index >= 15 is 0 Å². The summed E-state index contributed by atoms with van der Waals surface area (Å²) >= 11 is 0. The molecule has 1 rings (SSSR count). The Kier molecular flexibility index (Phi) is 4.19. The van der Waals surface area contributed by atoms with Gasteiger partial charge in [-0.1, -0.05) is 6.92 Å². The normalized spacial score (nSPS) is 26.7. The Bertz CT molecular complexity index is 248. The molecule has 4 heteroatoms. The van der Waals surface area contributed by atoms with E-state index in [4.69, 9.17) is 4.74 Å². The summed E-state index contributed by atoms with van der Waals surface area (Å²) in [5.74, 6) is 0. The number of amides is 1. The van der Waals surface area contributed by atoms with E-state index in [0.29, 0.717) is 12.1 Å². The van der Waals surface area contributed by atoms with Crippen LogP contribution in [0, 0.1) is 0 Å². The van der Waals surface area contributed by atoms with Crippen molar-refractivity contribution in [2.24, 2.45) is 0 Å². The molecule has 0 unspecified atom stereocenters. The summed E-state index contributed by atoms with van der Waals surface area (Å²) < 4.78 is 5.38. The maximum absolute atomic E-state index is 11.9. The Labute approximate surface area is 98.3 Å². The maximum Gasteiger partial charge on any atom is 0.410 e. The fraction of sp³-hybridized carbons (Fsp3) is 0.917. The Morgan fingerprint density at radius 2 is 2.06 bits per heavy atom. The summed E-state index contributed by atoms with van der Waals surface area (Å²) in [5.41, 5.74) is -0.410. The Morgan fingerprint density at radius 3 is 2.56 bits per heavy atom. The van der Waals surface area contributed by atoms with Crippen LogP contribution in [0.25, 0.3) is 0 Å². The molecule has 1 amide bonds. The number of ether oxygens (including phenoxy) is 1. The van der Waals surface area contributed by atoms with Crippen molar-refractivity contribution < 1.29 is 9.53 Å². The van der Waals surface area contributed by atoms with Crippen LogP contribution in [0.1, 0.15) is 41.0 Å². The van der Waals surface area contributed by atoms with Gasteiger partial charge in [-0.2, -0.15) is 0 Å². The summed E-state index contributed by atoms with van der Waals surface area (Å²) in [4.78, 5) is 13.7. The lowest BCUT2D eigenvalue weighted by molar-refractivity contribution is 0.0158. The van der Waals surface area contributed by atoms with Crippen LogP contribution in [0.15, 0.2) is 0 Å². The molecular weight excluding hydrogens is 204 g/mol. The molecule has 0 aromatic carbocycles. The minimum absolute atomic E-state index is 0.195. The number of carbonyl (C=O) groups is 1. The lowest BCUT2D eigenvalue weighted by atomic mass is 10.1. The Morgan fingerprint density at radius 1 is 1.44 bits per heavy atom. The second-order valence-electron chi connectivity index (χ2n) is 5.56. The van der Waals surface area contributed by atoms with Gasteiger partial charge in [0, 0.05) is 25.2 Å². The van der Waals surface area contributed by atoms with Gasteiger partial charge in [0.15, 0.2) is 0 Å². The summed E-state index contributed by atoms with van der Waals surface area (Å²) in [6, 6.07) is 0.725. The van der Waals surface area contributed by atoms with Crippen LogP contribution in [-0.4, -0.2) is 41.8 Å². The average molecular weight is 228 g/mol. The first-order valence-corrected chi connectivity index (χ1v) is 6.05. The van der Waals surface area contributed by atoms with Crippen LogP contribution >= 0.6 is 0 Å². The predicted octanol–water partition coefficient (Wildman–Crippen LogP) is 1.99. The highest BCUT2D eigenvalue weighted by atomic mass is 16.6. The lowest BCUT2D eigenvalue weighted by Crippen LogP contribution is -2.57. The third kappa shape index (κ3) is 4.00. The fourth-order valence-electron chi connectivity index (χ4n) is 1.90. The summed E-state index contributed by atoms with van der Waals surface area (Å²) in [6.45, 7) is 11.4. The first-order valence-electron chi connectivity index (χ1n) is 6.05. The molecule has 1 heterocycles. The number of hydrogen-bond acceptors (Lipinski definition) is 3. The molecule has 0 spiro atoms. The molecule has 1 saturated heterocycles. The Hall–Kier alpha value is -0.770. The van der Waals surface area contributed by atoms with Crippen molar-refractivity contribution >= 4 is 6.09 Å². The third-order valence-electron chi connectivity index (χ3n) is 2.60. The number of nitrogens with zero attached hydrogens (tertiary/aromatic N) is 1. The van der Waals surface area contributed by atoms with Crippen molar-refractivity contribution in [1.82, 2.24) is 10.2 Å². The van der Waals surface area contributed by atoms with Gasteiger partial charge in [-0.3, -0.25) is 0 Å². The van der Waals surface area contributed by atoms with Gasteiger partial charge in [-0.25, -0.2) is 4.79 Å². The molecule has 0 aromatic rings. The number of piperazine rings is 1. The molecule has 0 aliphatic carbocycles. The largest absolute Gasteiger partial charge is 0.444 e. The van der Waals surface area contributed by atoms with E-state index in [1.165, 1.54) is 0 Å². The molecule has 1 N–H and O–H groups in total. The van der Waals surface area contributed by atoms with Crippen molar-refractivity contribution in [3.63, 3.8) is 0 Å². The SMILES string of the molecule is CC[C@@H]1CN(C(=O)OC(C)(C)C)C[C@@H](C)N1. The molecule has 0 bridgehead atoms. The molecule has 4 nitrogen and oxygen atoms in total. The van der Waals surface area contributed by atoms with E-state index in [1.54, 1.807) is 4.90 Å². The van der Waals surface area contributed by atoms with Crippen molar-refractivity contribution in [3.05, 3.63) is 0 Å². The van der Waals surface area contributed by atoms with E-state index in [1.807, 2.05) is 20.8 Å². The predicted molar refractivity (Wildman–Crippen MR) is 64.5 cm³/mol. The zero-order chi connectivity index (χ0) is 12.3. The molecule has 16 heavy (non-hydrogen) atoms. The first kappa shape index (κ1) is 13.3. The summed E-state index contributed by atoms with van der Waals surface area (Å²) in [5, 5.41) is 3.46. The Balaban J connectivity index is 2.55. The maximum atomic E-state index is 11.9. The fourth-order valence-corrected chi connectivity index (χ4v) is 1.90. The summed E-state index contributed by atoms with van der Waals surface area (Å²) in [7, 11) is 0. The lowest BCUT2D eigenvalue weighted by Gasteiger charge is -2.37. The molecule has 0 saturated carbocycles. The molecule has 94 valence electrons. The van der Waals surface area contributed by atoms with E-state index in [2.05, 4.69) is 19.2 Å². The van der Waals surface area contributed by atoms with Crippen LogP contribution in [0.2, 0.25) is 0 Å². The van der Waals surface area contributed by atoms with E-state index in [9.17, 15) is 4.79 Å². The minimum atomic E-state index is -0.410. The zero-order valence-electron chi connectivity index (χ0n) is 11.0. The van der Waals surface area contributed by atoms with Crippen LogP contribution in [-0.2, 0) is 4.74 Å². The number of nitrogens with one attached hydrogen (secondary N) is 1. The van der Waals surface area contributed by atoms with Gasteiger partial charge in [0.05, 0.1) is 0 Å². The molecule has 1 aliphatic rings. The van der Waals surface area contributed by atoms with E-state index in [0.717, 1.165) is 19.5 Å². The van der Waals surface area contributed by atoms with E-state index < -0.39 is 5.60 Å². The van der Waals surface area contributed by atoms with Gasteiger partial charge >= 0.3 is 6.09 Å². The molecule has 1 aliphatic heterocycles. The standard InChI is InChI=1S/C12H24N2O2/c1-6-10-8-14(7-9(2)13-10)11(15)16-12(3,4)5/h9-10,13H,6-8H2,1-5H3/t9-,10-/m1/s1. The number of rotatable bonds is 1. The van der Waals surface area contributed by atoms with Gasteiger partial charge in [-0.05, 0) is 34.1 Å². The molecule has 0 aromatic heterocycles. The highest BCUT2D eigenvalue weighted by Crippen LogP contribution is 2.13. The second kappa shape index (κ2) is 5.04. The smallest absolute Gasteiger partial charge is 0.410 e. The summed E-state index contributed by atoms with van der Waals surface area (Å²) in [6.07, 6.45) is 0.836. The van der Waals surface area contributed by atoms with Gasteiger partial charge in [0.2, 0.25) is 0 Å². The third-order valence-corrected chi connectivity index (χ3v) is 2.60. The number of carbonyl (C=O) groups excluding carboxylic acids is 1. The van der Waals surface area contributed by atoms with Crippen LogP contribution < -0.4 is 5.32 Å².